The van der Waals surface area contributed by atoms with Gasteiger partial charge < -0.3 is 9.47 Å². The number of ether oxygens (including phenoxy) is 2. The number of carbonyl (C=O) groups is 1. The van der Waals surface area contributed by atoms with Crippen molar-refractivity contribution in [2.24, 2.45) is 0 Å². The molecule has 0 aliphatic rings. The Labute approximate surface area is 313 Å². The van der Waals surface area contributed by atoms with Crippen molar-refractivity contribution in [2.45, 2.75) is 181 Å². The van der Waals surface area contributed by atoms with Crippen LogP contribution in [0.3, 0.4) is 0 Å². The molecule has 0 bridgehead atoms. The van der Waals surface area contributed by atoms with Gasteiger partial charge in [0.1, 0.15) is 5.75 Å². The number of aryl methyl sites for hydroxylation is 1. The average Bonchev–Trinajstić information content (AvgIpc) is 3.16. The summed E-state index contributed by atoms with van der Waals surface area (Å²) < 4.78 is 11.8. The fourth-order valence-electron chi connectivity index (χ4n) is 6.93. The first-order valence-electron chi connectivity index (χ1n) is 21.2. The van der Waals surface area contributed by atoms with Crippen LogP contribution in [0.5, 0.6) is 5.75 Å². The van der Waals surface area contributed by atoms with Gasteiger partial charge in [-0.05, 0) is 72.7 Å². The first-order chi connectivity index (χ1) is 25.1. The van der Waals surface area contributed by atoms with Gasteiger partial charge in [0.05, 0.1) is 11.7 Å². The number of hydrogen-bond donors (Lipinski definition) is 0. The SMILES string of the molecule is CCCCCCCCCCCCCCCCCCOC(C)c1ccc(C(=O)Oc2ccc(-c3ccc(CCCCCCCCC)cc3)cc2)cc1. The third-order valence-electron chi connectivity index (χ3n) is 10.4. The highest BCUT2D eigenvalue weighted by atomic mass is 16.5. The Bertz CT molecular complexity index is 1260. The Kier molecular flexibility index (Phi) is 23.1. The first kappa shape index (κ1) is 42.5. The summed E-state index contributed by atoms with van der Waals surface area (Å²) in [7, 11) is 0. The molecule has 0 amide bonds. The molecule has 3 aromatic carbocycles. The normalized spacial score (nSPS) is 11.9. The largest absolute Gasteiger partial charge is 0.423 e. The zero-order valence-electron chi connectivity index (χ0n) is 32.9. The minimum atomic E-state index is -0.342. The van der Waals surface area contributed by atoms with Gasteiger partial charge in [-0.25, -0.2) is 4.79 Å². The van der Waals surface area contributed by atoms with E-state index in [-0.39, 0.29) is 12.1 Å². The Morgan fingerprint density at radius 3 is 1.37 bits per heavy atom. The van der Waals surface area contributed by atoms with Gasteiger partial charge in [-0.15, -0.1) is 0 Å². The molecule has 1 unspecified atom stereocenters. The highest BCUT2D eigenvalue weighted by molar-refractivity contribution is 5.91. The molecule has 0 spiro atoms. The molecule has 0 aliphatic heterocycles. The van der Waals surface area contributed by atoms with Crippen LogP contribution in [0.4, 0.5) is 0 Å². The van der Waals surface area contributed by atoms with Crippen molar-refractivity contribution in [1.82, 2.24) is 0 Å². The highest BCUT2D eigenvalue weighted by Gasteiger charge is 2.12. The van der Waals surface area contributed by atoms with Gasteiger partial charge in [-0.2, -0.15) is 0 Å². The van der Waals surface area contributed by atoms with E-state index in [4.69, 9.17) is 9.47 Å². The zero-order valence-corrected chi connectivity index (χ0v) is 32.9. The second-order valence-electron chi connectivity index (χ2n) is 14.9. The minimum Gasteiger partial charge on any atom is -0.423 e. The van der Waals surface area contributed by atoms with Gasteiger partial charge >= 0.3 is 5.97 Å². The third-order valence-corrected chi connectivity index (χ3v) is 10.4. The van der Waals surface area contributed by atoms with Crippen molar-refractivity contribution in [3.63, 3.8) is 0 Å². The fraction of sp³-hybridized carbons (Fsp3) is 0.604. The second-order valence-corrected chi connectivity index (χ2v) is 14.9. The average molecular weight is 697 g/mol. The van der Waals surface area contributed by atoms with Crippen molar-refractivity contribution in [1.29, 1.82) is 0 Å². The zero-order chi connectivity index (χ0) is 36.2. The molecule has 3 nitrogen and oxygen atoms in total. The van der Waals surface area contributed by atoms with Crippen LogP contribution in [0.25, 0.3) is 11.1 Å². The van der Waals surface area contributed by atoms with Crippen LogP contribution in [0.2, 0.25) is 0 Å². The van der Waals surface area contributed by atoms with Crippen molar-refractivity contribution in [3.8, 4) is 16.9 Å². The van der Waals surface area contributed by atoms with Crippen molar-refractivity contribution in [3.05, 3.63) is 89.5 Å². The number of rotatable bonds is 30. The molecule has 0 radical (unpaired) electrons. The number of carbonyl (C=O) groups excluding carboxylic acids is 1. The maximum Gasteiger partial charge on any atom is 0.343 e. The molecule has 3 aromatic rings. The summed E-state index contributed by atoms with van der Waals surface area (Å²) in [6.07, 6.45) is 32.5. The topological polar surface area (TPSA) is 35.5 Å². The van der Waals surface area contributed by atoms with Gasteiger partial charge in [0.15, 0.2) is 0 Å². The summed E-state index contributed by atoms with van der Waals surface area (Å²) in [6.45, 7) is 7.43. The van der Waals surface area contributed by atoms with Crippen LogP contribution in [-0.2, 0) is 11.2 Å². The smallest absolute Gasteiger partial charge is 0.343 e. The lowest BCUT2D eigenvalue weighted by atomic mass is 10.0. The van der Waals surface area contributed by atoms with Crippen LogP contribution < -0.4 is 4.74 Å². The molecule has 0 aromatic heterocycles. The van der Waals surface area contributed by atoms with Gasteiger partial charge in [-0.3, -0.25) is 0 Å². The van der Waals surface area contributed by atoms with Crippen LogP contribution in [-0.4, -0.2) is 12.6 Å². The molecule has 3 rings (SSSR count). The van der Waals surface area contributed by atoms with Crippen LogP contribution >= 0.6 is 0 Å². The van der Waals surface area contributed by atoms with E-state index in [1.807, 2.05) is 48.5 Å². The third kappa shape index (κ3) is 18.9. The molecule has 0 saturated heterocycles. The summed E-state index contributed by atoms with van der Waals surface area (Å²) in [5.74, 6) is 0.213. The Morgan fingerprint density at radius 2 is 0.902 bits per heavy atom. The van der Waals surface area contributed by atoms with Gasteiger partial charge in [0, 0.05) is 6.61 Å². The molecule has 1 atom stereocenters. The van der Waals surface area contributed by atoms with E-state index in [9.17, 15) is 4.79 Å². The van der Waals surface area contributed by atoms with Gasteiger partial charge in [-0.1, -0.05) is 197 Å². The van der Waals surface area contributed by atoms with E-state index < -0.39 is 0 Å². The summed E-state index contributed by atoms with van der Waals surface area (Å²) >= 11 is 0. The fourth-order valence-corrected chi connectivity index (χ4v) is 6.93. The Morgan fingerprint density at radius 1 is 0.490 bits per heavy atom. The molecule has 51 heavy (non-hydrogen) atoms. The summed E-state index contributed by atoms with van der Waals surface area (Å²) in [5.41, 5.74) is 5.33. The molecular formula is C48H72O3. The number of hydrogen-bond acceptors (Lipinski definition) is 3. The summed E-state index contributed by atoms with van der Waals surface area (Å²) in [6, 6.07) is 24.3. The first-order valence-corrected chi connectivity index (χ1v) is 21.2. The second kappa shape index (κ2) is 27.7. The maximum absolute atomic E-state index is 12.9. The Hall–Kier alpha value is -2.91. The number of benzene rings is 3. The summed E-state index contributed by atoms with van der Waals surface area (Å²) in [4.78, 5) is 12.9. The molecule has 0 fully saturated rings. The molecular weight excluding hydrogens is 625 g/mol. The van der Waals surface area contributed by atoms with E-state index in [2.05, 4.69) is 45.0 Å². The Balaban J connectivity index is 1.23. The maximum atomic E-state index is 12.9. The van der Waals surface area contributed by atoms with Crippen LogP contribution in [0, 0.1) is 0 Å². The van der Waals surface area contributed by atoms with E-state index in [1.165, 1.54) is 152 Å². The lowest BCUT2D eigenvalue weighted by molar-refractivity contribution is 0.0626. The predicted molar refractivity (Wildman–Crippen MR) is 219 cm³/mol. The lowest BCUT2D eigenvalue weighted by Gasteiger charge is -2.14. The number of unbranched alkanes of at least 4 members (excludes halogenated alkanes) is 21. The van der Waals surface area contributed by atoms with Crippen molar-refractivity contribution < 1.29 is 14.3 Å². The van der Waals surface area contributed by atoms with Crippen molar-refractivity contribution in [2.75, 3.05) is 6.61 Å². The molecule has 3 heteroatoms. The van der Waals surface area contributed by atoms with Crippen LogP contribution in [0.1, 0.15) is 196 Å². The van der Waals surface area contributed by atoms with E-state index in [0.717, 1.165) is 30.6 Å². The molecule has 0 aliphatic carbocycles. The lowest BCUT2D eigenvalue weighted by Crippen LogP contribution is -2.09. The van der Waals surface area contributed by atoms with Gasteiger partial charge in [0.25, 0.3) is 0 Å². The van der Waals surface area contributed by atoms with Crippen molar-refractivity contribution >= 4 is 5.97 Å². The van der Waals surface area contributed by atoms with Gasteiger partial charge in [0.2, 0.25) is 0 Å². The number of esters is 1. The summed E-state index contributed by atoms with van der Waals surface area (Å²) in [5, 5.41) is 0. The van der Waals surface area contributed by atoms with E-state index >= 15 is 0 Å². The predicted octanol–water partition coefficient (Wildman–Crippen LogP) is 15.2. The van der Waals surface area contributed by atoms with E-state index in [1.54, 1.807) is 0 Å². The molecule has 0 heterocycles. The molecule has 0 N–H and O–H groups in total. The monoisotopic (exact) mass is 697 g/mol. The molecule has 282 valence electrons. The molecule has 0 saturated carbocycles. The minimum absolute atomic E-state index is 0.00772. The van der Waals surface area contributed by atoms with Crippen LogP contribution in [0.15, 0.2) is 72.8 Å². The standard InChI is InChI=1S/C48H72O3/c1-4-6-8-10-12-13-14-15-16-17-18-19-20-22-24-26-40-50-41(3)43-32-34-46(35-33-43)48(49)51-47-38-36-45(37-39-47)44-30-28-42(29-31-44)27-25-23-21-11-9-7-5-2/h28-39,41H,4-27,40H2,1-3H3. The highest BCUT2D eigenvalue weighted by Crippen LogP contribution is 2.25. The quantitative estimate of drug-likeness (QED) is 0.0395. The van der Waals surface area contributed by atoms with E-state index in [0.29, 0.717) is 11.3 Å².